The van der Waals surface area contributed by atoms with Gasteiger partial charge in [-0.15, -0.1) is 11.3 Å². The zero-order valence-corrected chi connectivity index (χ0v) is 39.2. The second-order valence-electron chi connectivity index (χ2n) is 17.1. The first-order valence-corrected chi connectivity index (χ1v) is 24.1. The molecular formula is C43H63N9O11S2. The van der Waals surface area contributed by atoms with Crippen LogP contribution in [0.3, 0.4) is 0 Å². The number of hydrogen-bond acceptors (Lipinski definition) is 16. The molecule has 5 rings (SSSR count). The molecule has 3 heterocycles. The number of aliphatic hydroxyl groups is 1. The van der Waals surface area contributed by atoms with Crippen molar-refractivity contribution in [3.8, 4) is 10.4 Å². The summed E-state index contributed by atoms with van der Waals surface area (Å²) in [5, 5.41) is 35.9. The van der Waals surface area contributed by atoms with Gasteiger partial charge in [-0.05, 0) is 35.6 Å². The van der Waals surface area contributed by atoms with Crippen LogP contribution in [0.15, 0.2) is 52.9 Å². The number of nitrogens with zero attached hydrogens (tertiary/aromatic N) is 5. The molecule has 2 fully saturated rings. The van der Waals surface area contributed by atoms with Crippen LogP contribution in [0.4, 0.5) is 11.4 Å². The number of piperazine rings is 1. The Balaban J connectivity index is 0.903. The van der Waals surface area contributed by atoms with Crippen molar-refractivity contribution < 1.29 is 47.0 Å². The highest BCUT2D eigenvalue weighted by molar-refractivity contribution is 7.89. The Hall–Kier alpha value is -4.65. The van der Waals surface area contributed by atoms with Crippen LogP contribution < -0.4 is 21.1 Å². The van der Waals surface area contributed by atoms with Crippen molar-refractivity contribution >= 4 is 50.5 Å². The summed E-state index contributed by atoms with van der Waals surface area (Å²) < 4.78 is 40.1. The van der Waals surface area contributed by atoms with E-state index in [1.54, 1.807) is 16.8 Å². The maximum absolute atomic E-state index is 13.9. The van der Waals surface area contributed by atoms with Gasteiger partial charge in [0.15, 0.2) is 0 Å². The lowest BCUT2D eigenvalue weighted by molar-refractivity contribution is -0.384. The Morgan fingerprint density at radius 1 is 0.969 bits per heavy atom. The number of β-amino-alcohol motifs (C(OH)–C–C–N with tert-alkyl or cyclic N) is 1. The van der Waals surface area contributed by atoms with Gasteiger partial charge in [-0.25, -0.2) is 18.5 Å². The summed E-state index contributed by atoms with van der Waals surface area (Å²) in [6.45, 7) is 15.0. The number of nitrogens with two attached hydrogens (primary N) is 1. The molecule has 3 amide bonds. The number of nitro benzene ring substituents is 1. The van der Waals surface area contributed by atoms with Crippen molar-refractivity contribution in [3.05, 3.63) is 69.3 Å². The lowest BCUT2D eigenvalue weighted by Gasteiger charge is -2.35. The van der Waals surface area contributed by atoms with Gasteiger partial charge in [0.2, 0.25) is 27.7 Å². The summed E-state index contributed by atoms with van der Waals surface area (Å²) in [6.07, 6.45) is -0.750. The topological polar surface area (TPSA) is 261 Å². The molecule has 358 valence electrons. The Morgan fingerprint density at radius 3 is 2.20 bits per heavy atom. The molecule has 1 unspecified atom stereocenters. The van der Waals surface area contributed by atoms with Gasteiger partial charge in [0.25, 0.3) is 5.69 Å². The fraction of sp³-hybridized carbons (Fsp3) is 0.581. The molecule has 6 N–H and O–H groups in total. The van der Waals surface area contributed by atoms with Gasteiger partial charge >= 0.3 is 0 Å². The molecule has 0 saturated carbocycles. The third kappa shape index (κ3) is 15.7. The van der Waals surface area contributed by atoms with E-state index in [9.17, 15) is 38.0 Å². The van der Waals surface area contributed by atoms with E-state index in [0.29, 0.717) is 39.5 Å². The summed E-state index contributed by atoms with van der Waals surface area (Å²) in [5.41, 5.74) is 3.90. The molecule has 3 atom stereocenters. The Kier molecular flexibility index (Phi) is 19.1. The minimum Gasteiger partial charge on any atom is -0.391 e. The minimum absolute atomic E-state index is 0.0120. The first kappa shape index (κ1) is 51.3. The van der Waals surface area contributed by atoms with Crippen LogP contribution in [0.5, 0.6) is 0 Å². The Labute approximate surface area is 384 Å². The number of ether oxygens (including phenoxy) is 3. The van der Waals surface area contributed by atoms with E-state index in [1.165, 1.54) is 17.0 Å². The van der Waals surface area contributed by atoms with Gasteiger partial charge in [-0.1, -0.05) is 45.0 Å². The number of aromatic nitrogens is 1. The van der Waals surface area contributed by atoms with Gasteiger partial charge < -0.3 is 40.2 Å². The molecule has 3 aromatic rings. The number of primary sulfonamides is 1. The molecule has 0 spiro atoms. The van der Waals surface area contributed by atoms with Crippen LogP contribution in [0.1, 0.15) is 44.9 Å². The van der Waals surface area contributed by atoms with Crippen molar-refractivity contribution in [2.24, 2.45) is 10.6 Å². The van der Waals surface area contributed by atoms with Crippen molar-refractivity contribution in [2.45, 2.75) is 70.2 Å². The number of benzene rings is 2. The third-order valence-corrected chi connectivity index (χ3v) is 13.1. The summed E-state index contributed by atoms with van der Waals surface area (Å²) in [4.78, 5) is 62.1. The van der Waals surface area contributed by atoms with Crippen LogP contribution in [-0.4, -0.2) is 166 Å². The number of nitrogens with one attached hydrogen (secondary N) is 3. The van der Waals surface area contributed by atoms with Crippen LogP contribution in [0.25, 0.3) is 10.4 Å². The molecule has 1 aromatic heterocycles. The monoisotopic (exact) mass is 945 g/mol. The number of anilines is 1. The van der Waals surface area contributed by atoms with E-state index >= 15 is 0 Å². The normalized spacial score (nSPS) is 17.8. The fourth-order valence-corrected chi connectivity index (χ4v) is 8.83. The SMILES string of the molecule is Cc1ncsc1-c1ccc(CNC(=O)[C@@H]2C[C@@H](O)CN2C(=O)C(NC(=O)CCOCCOCCOCCN2CCN(CCNc3ccc(S(N)(=O)=O)cc3[N+](=O)[O-])CC2)C(C)(C)C)cc1. The molecule has 0 radical (unpaired) electrons. The van der Waals surface area contributed by atoms with E-state index in [0.717, 1.165) is 60.5 Å². The van der Waals surface area contributed by atoms with Crippen LogP contribution in [0, 0.1) is 22.5 Å². The van der Waals surface area contributed by atoms with Gasteiger partial charge in [-0.2, -0.15) is 0 Å². The maximum Gasteiger partial charge on any atom is 0.293 e. The fourth-order valence-electron chi connectivity index (χ4n) is 7.49. The number of aliphatic hydroxyl groups excluding tert-OH is 1. The van der Waals surface area contributed by atoms with Gasteiger partial charge in [0.1, 0.15) is 17.8 Å². The number of aryl methyl sites for hydroxylation is 1. The predicted octanol–water partition coefficient (Wildman–Crippen LogP) is 1.95. The largest absolute Gasteiger partial charge is 0.391 e. The highest BCUT2D eigenvalue weighted by Gasteiger charge is 2.44. The molecule has 22 heteroatoms. The molecule has 2 aliphatic heterocycles. The first-order valence-electron chi connectivity index (χ1n) is 21.7. The summed E-state index contributed by atoms with van der Waals surface area (Å²) in [6, 6.07) is 9.59. The lowest BCUT2D eigenvalue weighted by atomic mass is 9.85. The standard InChI is InChI=1S/C43H63N9O11S2/c1-30-39(64-29-47-30)32-7-5-31(6-8-32)27-46-41(55)37-25-33(53)28-51(37)42(56)40(43(2,3)4)48-38(54)11-19-61-21-23-63-24-22-62-20-18-50-16-14-49(15-17-50)13-12-45-35-10-9-34(65(44,59)60)26-36(35)52(57)58/h5-10,26,29,33,37,40,45,53H,11-25,27-28H2,1-4H3,(H,46,55)(H,48,54)(H2,44,59,60)/t33-,37+,40?/m1/s1. The van der Waals surface area contributed by atoms with Gasteiger partial charge in [0, 0.05) is 77.8 Å². The molecule has 2 aromatic carbocycles. The number of carbonyl (C=O) groups excluding carboxylic acids is 3. The second kappa shape index (κ2) is 24.2. The molecular weight excluding hydrogens is 883 g/mol. The number of sulfonamides is 1. The number of carbonyl (C=O) groups is 3. The lowest BCUT2D eigenvalue weighted by Crippen LogP contribution is -2.57. The summed E-state index contributed by atoms with van der Waals surface area (Å²) >= 11 is 1.57. The minimum atomic E-state index is -4.05. The quantitative estimate of drug-likeness (QED) is 0.0489. The van der Waals surface area contributed by atoms with E-state index in [-0.39, 0.29) is 67.2 Å². The summed E-state index contributed by atoms with van der Waals surface area (Å²) in [5.74, 6) is -1.17. The Morgan fingerprint density at radius 2 is 1.60 bits per heavy atom. The first-order chi connectivity index (χ1) is 30.9. The van der Waals surface area contributed by atoms with Crippen LogP contribution in [-0.2, 0) is 45.2 Å². The molecule has 0 aliphatic carbocycles. The number of rotatable bonds is 24. The van der Waals surface area contributed by atoms with Crippen LogP contribution in [0.2, 0.25) is 0 Å². The highest BCUT2D eigenvalue weighted by atomic mass is 32.2. The molecule has 0 bridgehead atoms. The number of amides is 3. The zero-order valence-electron chi connectivity index (χ0n) is 37.5. The van der Waals surface area contributed by atoms with Crippen LogP contribution >= 0.6 is 11.3 Å². The van der Waals surface area contributed by atoms with E-state index in [2.05, 4.69) is 30.7 Å². The average molecular weight is 946 g/mol. The van der Waals surface area contributed by atoms with Crippen molar-refractivity contribution in [3.63, 3.8) is 0 Å². The number of hydrogen-bond donors (Lipinski definition) is 5. The second-order valence-corrected chi connectivity index (χ2v) is 19.5. The molecule has 65 heavy (non-hydrogen) atoms. The third-order valence-electron chi connectivity index (χ3n) is 11.2. The van der Waals surface area contributed by atoms with E-state index in [4.69, 9.17) is 19.3 Å². The number of thiazole rings is 1. The highest BCUT2D eigenvalue weighted by Crippen LogP contribution is 2.29. The summed E-state index contributed by atoms with van der Waals surface area (Å²) in [7, 11) is -4.05. The number of nitro groups is 1. The molecule has 2 aliphatic rings. The van der Waals surface area contributed by atoms with Gasteiger partial charge in [-0.3, -0.25) is 34.3 Å². The van der Waals surface area contributed by atoms with Crippen molar-refractivity contribution in [2.75, 3.05) is 97.3 Å². The van der Waals surface area contributed by atoms with E-state index in [1.807, 2.05) is 52.0 Å². The van der Waals surface area contributed by atoms with E-state index < -0.39 is 44.5 Å². The zero-order chi connectivity index (χ0) is 47.1. The maximum atomic E-state index is 13.9. The number of likely N-dealkylation sites (tertiary alicyclic amines) is 1. The predicted molar refractivity (Wildman–Crippen MR) is 245 cm³/mol. The van der Waals surface area contributed by atoms with Crippen molar-refractivity contribution in [1.82, 2.24) is 30.3 Å². The molecule has 20 nitrogen and oxygen atoms in total. The Bertz CT molecular complexity index is 2160. The molecule has 2 saturated heterocycles. The van der Waals surface area contributed by atoms with Gasteiger partial charge in [0.05, 0.1) is 71.6 Å². The average Bonchev–Trinajstić information content (AvgIpc) is 3.88. The van der Waals surface area contributed by atoms with Crippen molar-refractivity contribution in [1.29, 1.82) is 0 Å². The smallest absolute Gasteiger partial charge is 0.293 e.